The van der Waals surface area contributed by atoms with Gasteiger partial charge in [-0.2, -0.15) is 0 Å². The van der Waals surface area contributed by atoms with Crippen molar-refractivity contribution in [2.45, 2.75) is 32.4 Å². The number of hydrogen-bond acceptors (Lipinski definition) is 1. The fraction of sp³-hybridized carbons (Fsp3) is 0.455. The first-order valence-electron chi connectivity index (χ1n) is 4.91. The average molecular weight is 230 g/mol. The Kier molecular flexibility index (Phi) is 3.01. The largest absolute Gasteiger partial charge is 0.310 e. The zero-order chi connectivity index (χ0) is 10.1. The van der Waals surface area contributed by atoms with Crippen LogP contribution in [0.4, 0.5) is 0 Å². The second kappa shape index (κ2) is 4.09. The van der Waals surface area contributed by atoms with Crippen LogP contribution in [0.25, 0.3) is 0 Å². The molecule has 0 saturated heterocycles. The van der Waals surface area contributed by atoms with E-state index in [9.17, 15) is 0 Å². The van der Waals surface area contributed by atoms with Gasteiger partial charge in [-0.15, -0.1) is 0 Å². The highest BCUT2D eigenvalue weighted by Crippen LogP contribution is 2.29. The van der Waals surface area contributed by atoms with Crippen molar-refractivity contribution < 1.29 is 0 Å². The van der Waals surface area contributed by atoms with Gasteiger partial charge in [0.05, 0.1) is 0 Å². The molecule has 1 aromatic rings. The number of fused-ring (bicyclic) bond motifs is 1. The van der Waals surface area contributed by atoms with Gasteiger partial charge in [0, 0.05) is 22.6 Å². The molecular weight excluding hydrogens is 217 g/mol. The third kappa shape index (κ3) is 1.90. The Bertz CT molecular complexity index is 349. The van der Waals surface area contributed by atoms with Crippen LogP contribution in [-0.2, 0) is 13.0 Å². The predicted molar refractivity (Wildman–Crippen MR) is 61.1 cm³/mol. The summed E-state index contributed by atoms with van der Waals surface area (Å²) in [5, 5.41) is 4.99. The van der Waals surface area contributed by atoms with Crippen molar-refractivity contribution in [2.75, 3.05) is 0 Å². The summed E-state index contributed by atoms with van der Waals surface area (Å²) in [6.07, 6.45) is 2.18. The monoisotopic (exact) mass is 229 g/mol. The molecule has 0 radical (unpaired) electrons. The fourth-order valence-corrected chi connectivity index (χ4v) is 2.51. The van der Waals surface area contributed by atoms with Gasteiger partial charge in [0.1, 0.15) is 0 Å². The van der Waals surface area contributed by atoms with E-state index in [1.165, 1.54) is 11.1 Å². The molecule has 0 saturated carbocycles. The van der Waals surface area contributed by atoms with Crippen molar-refractivity contribution in [3.05, 3.63) is 33.3 Å². The normalized spacial score (nSPS) is 20.6. The van der Waals surface area contributed by atoms with Gasteiger partial charge in [0.2, 0.25) is 0 Å². The van der Waals surface area contributed by atoms with E-state index in [-0.39, 0.29) is 0 Å². The second-order valence-electron chi connectivity index (χ2n) is 3.72. The Labute approximate surface area is 94.4 Å². The van der Waals surface area contributed by atoms with E-state index < -0.39 is 0 Å². The molecule has 0 bridgehead atoms. The van der Waals surface area contributed by atoms with Crippen LogP contribution in [0.15, 0.2) is 12.1 Å². The van der Waals surface area contributed by atoms with Gasteiger partial charge < -0.3 is 5.32 Å². The standard InChI is InChI=1S/C11H13Cl2N/c1-2-9-4-7-3-8(12)5-11(13)10(7)6-14-9/h3,5,9,14H,2,4,6H2,1H3. The van der Waals surface area contributed by atoms with Crippen LogP contribution in [0.5, 0.6) is 0 Å². The SMILES string of the molecule is CCC1Cc2cc(Cl)cc(Cl)c2CN1. The minimum atomic E-state index is 0.567. The number of halogens is 2. The summed E-state index contributed by atoms with van der Waals surface area (Å²) in [6.45, 7) is 3.05. The van der Waals surface area contributed by atoms with E-state index in [4.69, 9.17) is 23.2 Å². The van der Waals surface area contributed by atoms with Crippen molar-refractivity contribution in [3.8, 4) is 0 Å². The number of nitrogens with one attached hydrogen (secondary N) is 1. The first-order chi connectivity index (χ1) is 6.70. The molecule has 2 rings (SSSR count). The molecule has 3 heteroatoms. The molecule has 1 nitrogen and oxygen atoms in total. The van der Waals surface area contributed by atoms with Crippen molar-refractivity contribution >= 4 is 23.2 Å². The molecule has 1 aliphatic heterocycles. The number of hydrogen-bond donors (Lipinski definition) is 1. The number of benzene rings is 1. The molecule has 1 aliphatic rings. The molecule has 1 N–H and O–H groups in total. The first kappa shape index (κ1) is 10.3. The average Bonchev–Trinajstić information content (AvgIpc) is 2.16. The van der Waals surface area contributed by atoms with E-state index in [1.807, 2.05) is 12.1 Å². The highest BCUT2D eigenvalue weighted by Gasteiger charge is 2.18. The van der Waals surface area contributed by atoms with Crippen molar-refractivity contribution in [3.63, 3.8) is 0 Å². The minimum absolute atomic E-state index is 0.567. The summed E-state index contributed by atoms with van der Waals surface area (Å²) in [5.41, 5.74) is 2.51. The Balaban J connectivity index is 2.37. The van der Waals surface area contributed by atoms with E-state index in [0.717, 1.165) is 29.4 Å². The highest BCUT2D eigenvalue weighted by molar-refractivity contribution is 6.35. The zero-order valence-corrected chi connectivity index (χ0v) is 9.62. The Morgan fingerprint density at radius 2 is 2.21 bits per heavy atom. The molecule has 14 heavy (non-hydrogen) atoms. The molecule has 0 aromatic heterocycles. The van der Waals surface area contributed by atoms with Crippen molar-refractivity contribution in [1.82, 2.24) is 5.32 Å². The summed E-state index contributed by atoms with van der Waals surface area (Å²) in [6, 6.07) is 4.42. The summed E-state index contributed by atoms with van der Waals surface area (Å²) >= 11 is 12.1. The van der Waals surface area contributed by atoms with Gasteiger partial charge >= 0.3 is 0 Å². The predicted octanol–water partition coefficient (Wildman–Crippen LogP) is 3.42. The van der Waals surface area contributed by atoms with Crippen LogP contribution in [0, 0.1) is 0 Å². The lowest BCUT2D eigenvalue weighted by molar-refractivity contribution is 0.468. The first-order valence-corrected chi connectivity index (χ1v) is 5.66. The summed E-state index contributed by atoms with van der Waals surface area (Å²) in [7, 11) is 0. The van der Waals surface area contributed by atoms with Crippen LogP contribution in [0.3, 0.4) is 0 Å². The van der Waals surface area contributed by atoms with E-state index in [2.05, 4.69) is 12.2 Å². The van der Waals surface area contributed by atoms with Crippen molar-refractivity contribution in [1.29, 1.82) is 0 Å². The van der Waals surface area contributed by atoms with Gasteiger partial charge in [-0.25, -0.2) is 0 Å². The summed E-state index contributed by atoms with van der Waals surface area (Å²) < 4.78 is 0. The highest BCUT2D eigenvalue weighted by atomic mass is 35.5. The van der Waals surface area contributed by atoms with E-state index >= 15 is 0 Å². The van der Waals surface area contributed by atoms with Crippen LogP contribution in [0.1, 0.15) is 24.5 Å². The minimum Gasteiger partial charge on any atom is -0.310 e. The van der Waals surface area contributed by atoms with E-state index in [1.54, 1.807) is 0 Å². The maximum Gasteiger partial charge on any atom is 0.0468 e. The lowest BCUT2D eigenvalue weighted by atomic mass is 9.94. The molecule has 76 valence electrons. The molecule has 0 amide bonds. The molecule has 0 spiro atoms. The van der Waals surface area contributed by atoms with Gasteiger partial charge in [-0.1, -0.05) is 30.1 Å². The van der Waals surface area contributed by atoms with Crippen LogP contribution in [-0.4, -0.2) is 6.04 Å². The summed E-state index contributed by atoms with van der Waals surface area (Å²) in [5.74, 6) is 0. The van der Waals surface area contributed by atoms with Gasteiger partial charge in [0.25, 0.3) is 0 Å². The lowest BCUT2D eigenvalue weighted by Crippen LogP contribution is -2.35. The van der Waals surface area contributed by atoms with E-state index in [0.29, 0.717) is 6.04 Å². The fourth-order valence-electron chi connectivity index (χ4n) is 1.91. The maximum atomic E-state index is 6.11. The van der Waals surface area contributed by atoms with Gasteiger partial charge in [-0.3, -0.25) is 0 Å². The van der Waals surface area contributed by atoms with Crippen LogP contribution in [0.2, 0.25) is 10.0 Å². The quantitative estimate of drug-likeness (QED) is 0.779. The number of rotatable bonds is 1. The maximum absolute atomic E-state index is 6.11. The Morgan fingerprint density at radius 1 is 1.43 bits per heavy atom. The molecule has 0 aliphatic carbocycles. The van der Waals surface area contributed by atoms with Gasteiger partial charge in [0.15, 0.2) is 0 Å². The summed E-state index contributed by atoms with van der Waals surface area (Å²) in [4.78, 5) is 0. The zero-order valence-electron chi connectivity index (χ0n) is 8.11. The molecule has 1 heterocycles. The Morgan fingerprint density at radius 3 is 2.93 bits per heavy atom. The van der Waals surface area contributed by atoms with Crippen LogP contribution < -0.4 is 5.32 Å². The third-order valence-electron chi connectivity index (χ3n) is 2.78. The topological polar surface area (TPSA) is 12.0 Å². The lowest BCUT2D eigenvalue weighted by Gasteiger charge is -2.26. The second-order valence-corrected chi connectivity index (χ2v) is 4.56. The van der Waals surface area contributed by atoms with Crippen molar-refractivity contribution in [2.24, 2.45) is 0 Å². The Hall–Kier alpha value is -0.240. The third-order valence-corrected chi connectivity index (χ3v) is 3.33. The van der Waals surface area contributed by atoms with Crippen LogP contribution >= 0.6 is 23.2 Å². The smallest absolute Gasteiger partial charge is 0.0468 e. The molecule has 0 fully saturated rings. The molecular formula is C11H13Cl2N. The molecule has 1 atom stereocenters. The van der Waals surface area contributed by atoms with Gasteiger partial charge in [-0.05, 0) is 36.1 Å². The molecule has 1 unspecified atom stereocenters. The molecule has 1 aromatic carbocycles.